The number of aromatic nitrogens is 1. The maximum Gasteiger partial charge on any atom is 0.123 e. The fourth-order valence-corrected chi connectivity index (χ4v) is 3.56. The highest BCUT2D eigenvalue weighted by atomic mass is 32.1. The minimum atomic E-state index is -0.248. The molecule has 1 fully saturated rings. The summed E-state index contributed by atoms with van der Waals surface area (Å²) in [5.74, 6) is 0.307. The quantitative estimate of drug-likeness (QED) is 0.881. The first kappa shape index (κ1) is 11.7. The topological polar surface area (TPSA) is 38.9 Å². The van der Waals surface area contributed by atoms with Crippen LogP contribution < -0.4 is 5.73 Å². The number of nitrogen functional groups attached to an aromatic ring is 1. The maximum atomic E-state index is 13.2. The number of hydrogen-bond acceptors (Lipinski definition) is 3. The Hall–Kier alpha value is -1.42. The van der Waals surface area contributed by atoms with Crippen LogP contribution in [-0.2, 0) is 0 Å². The van der Waals surface area contributed by atoms with Gasteiger partial charge in [-0.25, -0.2) is 9.37 Å². The van der Waals surface area contributed by atoms with E-state index in [4.69, 9.17) is 5.73 Å². The van der Waals surface area contributed by atoms with Crippen LogP contribution in [0.5, 0.6) is 0 Å². The first-order chi connectivity index (χ1) is 8.74. The van der Waals surface area contributed by atoms with Gasteiger partial charge in [-0.15, -0.1) is 11.3 Å². The molecule has 1 aromatic carbocycles. The number of thiazole rings is 1. The molecule has 1 saturated carbocycles. The molecule has 0 aliphatic heterocycles. The number of halogens is 1. The zero-order valence-corrected chi connectivity index (χ0v) is 10.8. The van der Waals surface area contributed by atoms with Gasteiger partial charge >= 0.3 is 0 Å². The van der Waals surface area contributed by atoms with Crippen molar-refractivity contribution in [3.8, 4) is 11.3 Å². The van der Waals surface area contributed by atoms with Gasteiger partial charge in [0.15, 0.2) is 0 Å². The van der Waals surface area contributed by atoms with Gasteiger partial charge in [0.05, 0.1) is 5.01 Å². The van der Waals surface area contributed by atoms with E-state index in [-0.39, 0.29) is 5.82 Å². The molecule has 2 nitrogen and oxygen atoms in total. The smallest absolute Gasteiger partial charge is 0.123 e. The van der Waals surface area contributed by atoms with Crippen LogP contribution in [-0.4, -0.2) is 4.98 Å². The van der Waals surface area contributed by atoms with Crippen LogP contribution >= 0.6 is 11.3 Å². The summed E-state index contributed by atoms with van der Waals surface area (Å²) in [5, 5.41) is 1.81. The second-order valence-electron chi connectivity index (χ2n) is 4.76. The summed E-state index contributed by atoms with van der Waals surface area (Å²) in [7, 11) is 0. The third-order valence-electron chi connectivity index (χ3n) is 3.47. The molecule has 0 spiro atoms. The summed E-state index contributed by atoms with van der Waals surface area (Å²) in [5.41, 5.74) is 7.53. The lowest BCUT2D eigenvalue weighted by atomic mass is 10.1. The summed E-state index contributed by atoms with van der Waals surface area (Å²) in [6.07, 6.45) is 4.96. The average Bonchev–Trinajstić information content (AvgIpc) is 2.97. The van der Waals surface area contributed by atoms with Crippen LogP contribution in [0.2, 0.25) is 0 Å². The van der Waals surface area contributed by atoms with Crippen molar-refractivity contribution in [2.24, 2.45) is 0 Å². The molecule has 1 aromatic heterocycles. The third-order valence-corrected chi connectivity index (χ3v) is 4.52. The van der Waals surface area contributed by atoms with Crippen molar-refractivity contribution in [1.82, 2.24) is 4.98 Å². The SMILES string of the molecule is Nc1sc(C2CCCC2)nc1-c1cccc(F)c1. The Morgan fingerprint density at radius 2 is 2.06 bits per heavy atom. The Morgan fingerprint density at radius 3 is 2.78 bits per heavy atom. The number of benzene rings is 1. The summed E-state index contributed by atoms with van der Waals surface area (Å²) in [4.78, 5) is 4.63. The molecule has 0 bridgehead atoms. The summed E-state index contributed by atoms with van der Waals surface area (Å²) < 4.78 is 13.2. The Kier molecular flexibility index (Phi) is 3.04. The van der Waals surface area contributed by atoms with Crippen LogP contribution in [0.1, 0.15) is 36.6 Å². The molecule has 18 heavy (non-hydrogen) atoms. The van der Waals surface area contributed by atoms with Gasteiger partial charge in [-0.05, 0) is 25.0 Å². The molecule has 0 radical (unpaired) electrons. The van der Waals surface area contributed by atoms with Crippen molar-refractivity contribution < 1.29 is 4.39 Å². The van der Waals surface area contributed by atoms with E-state index in [2.05, 4.69) is 4.98 Å². The van der Waals surface area contributed by atoms with Crippen molar-refractivity contribution in [3.05, 3.63) is 35.1 Å². The van der Waals surface area contributed by atoms with Crippen molar-refractivity contribution in [2.75, 3.05) is 5.73 Å². The van der Waals surface area contributed by atoms with Crippen molar-refractivity contribution >= 4 is 16.3 Å². The molecule has 4 heteroatoms. The monoisotopic (exact) mass is 262 g/mol. The summed E-state index contributed by atoms with van der Waals surface area (Å²) >= 11 is 1.56. The van der Waals surface area contributed by atoms with Crippen molar-refractivity contribution in [2.45, 2.75) is 31.6 Å². The minimum Gasteiger partial charge on any atom is -0.389 e. The van der Waals surface area contributed by atoms with Crippen LogP contribution in [0.25, 0.3) is 11.3 Å². The first-order valence-electron chi connectivity index (χ1n) is 6.26. The fraction of sp³-hybridized carbons (Fsp3) is 0.357. The minimum absolute atomic E-state index is 0.248. The Morgan fingerprint density at radius 1 is 1.28 bits per heavy atom. The number of rotatable bonds is 2. The Labute approximate surface area is 110 Å². The highest BCUT2D eigenvalue weighted by Gasteiger charge is 2.22. The standard InChI is InChI=1S/C14H15FN2S/c15-11-7-3-6-10(8-11)12-13(16)18-14(17-12)9-4-1-2-5-9/h3,6-9H,1-2,4-5,16H2. The summed E-state index contributed by atoms with van der Waals surface area (Å²) in [6.45, 7) is 0. The maximum absolute atomic E-state index is 13.2. The van der Waals surface area contributed by atoms with Crippen LogP contribution in [0.15, 0.2) is 24.3 Å². The highest BCUT2D eigenvalue weighted by Crippen LogP contribution is 2.40. The predicted octanol–water partition coefficient (Wildman–Crippen LogP) is 4.19. The zero-order valence-electron chi connectivity index (χ0n) is 10.0. The van der Waals surface area contributed by atoms with Gasteiger partial charge in [0.25, 0.3) is 0 Å². The van der Waals surface area contributed by atoms with Crippen molar-refractivity contribution in [3.63, 3.8) is 0 Å². The lowest BCUT2D eigenvalue weighted by Crippen LogP contribution is -1.91. The molecule has 2 N–H and O–H groups in total. The van der Waals surface area contributed by atoms with Gasteiger partial charge in [0.2, 0.25) is 0 Å². The normalized spacial score (nSPS) is 16.3. The molecule has 0 amide bonds. The predicted molar refractivity (Wildman–Crippen MR) is 73.1 cm³/mol. The van der Waals surface area contributed by atoms with Gasteiger partial charge in [0, 0.05) is 11.5 Å². The Balaban J connectivity index is 1.97. The zero-order chi connectivity index (χ0) is 12.5. The van der Waals surface area contributed by atoms with Crippen molar-refractivity contribution in [1.29, 1.82) is 0 Å². The van der Waals surface area contributed by atoms with Gasteiger partial charge in [-0.1, -0.05) is 25.0 Å². The molecule has 0 atom stereocenters. The molecule has 1 heterocycles. The lowest BCUT2D eigenvalue weighted by molar-refractivity contribution is 0.628. The van der Waals surface area contributed by atoms with Crippen LogP contribution in [0, 0.1) is 5.82 Å². The molecule has 94 valence electrons. The number of hydrogen-bond donors (Lipinski definition) is 1. The number of anilines is 1. The molecule has 1 aliphatic rings. The average molecular weight is 262 g/mol. The van der Waals surface area contributed by atoms with E-state index < -0.39 is 0 Å². The van der Waals surface area contributed by atoms with Gasteiger partial charge in [-0.2, -0.15) is 0 Å². The third kappa shape index (κ3) is 2.12. The van der Waals surface area contributed by atoms with E-state index in [1.165, 1.54) is 37.8 Å². The first-order valence-corrected chi connectivity index (χ1v) is 7.08. The molecule has 2 aromatic rings. The summed E-state index contributed by atoms with van der Waals surface area (Å²) in [6, 6.07) is 6.47. The molecule has 3 rings (SSSR count). The van der Waals surface area contributed by atoms with Gasteiger partial charge < -0.3 is 5.73 Å². The van der Waals surface area contributed by atoms with Crippen LogP contribution in [0.4, 0.5) is 9.39 Å². The van der Waals surface area contributed by atoms with E-state index in [1.54, 1.807) is 17.4 Å². The molecule has 1 aliphatic carbocycles. The molecular weight excluding hydrogens is 247 g/mol. The van der Waals surface area contributed by atoms with E-state index in [9.17, 15) is 4.39 Å². The molecule has 0 unspecified atom stereocenters. The van der Waals surface area contributed by atoms with Crippen LogP contribution in [0.3, 0.4) is 0 Å². The van der Waals surface area contributed by atoms with E-state index >= 15 is 0 Å². The second-order valence-corrected chi connectivity index (χ2v) is 5.82. The van der Waals surface area contributed by atoms with Gasteiger partial charge in [0.1, 0.15) is 16.5 Å². The Bertz CT molecular complexity index is 559. The van der Waals surface area contributed by atoms with E-state index in [0.717, 1.165) is 16.3 Å². The van der Waals surface area contributed by atoms with E-state index in [1.807, 2.05) is 6.07 Å². The fourth-order valence-electron chi connectivity index (χ4n) is 2.54. The largest absolute Gasteiger partial charge is 0.389 e. The highest BCUT2D eigenvalue weighted by molar-refractivity contribution is 7.16. The molecule has 0 saturated heterocycles. The second kappa shape index (κ2) is 4.69. The van der Waals surface area contributed by atoms with E-state index in [0.29, 0.717) is 10.9 Å². The number of nitrogens with zero attached hydrogens (tertiary/aromatic N) is 1. The van der Waals surface area contributed by atoms with Gasteiger partial charge in [-0.3, -0.25) is 0 Å². The number of nitrogens with two attached hydrogens (primary N) is 1. The lowest BCUT2D eigenvalue weighted by Gasteiger charge is -2.02. The molecular formula is C14H15FN2S.